The van der Waals surface area contributed by atoms with Crippen LogP contribution in [-0.2, 0) is 16.1 Å². The van der Waals surface area contributed by atoms with Crippen molar-refractivity contribution in [2.75, 3.05) is 7.05 Å². The van der Waals surface area contributed by atoms with Gasteiger partial charge in [0.05, 0.1) is 11.0 Å². The summed E-state index contributed by atoms with van der Waals surface area (Å²) in [5.41, 5.74) is 1.34. The number of aromatic nitrogens is 1. The molecule has 1 atom stereocenters. The average Bonchev–Trinajstić information content (AvgIpc) is 2.69. The lowest BCUT2D eigenvalue weighted by Crippen LogP contribution is -2.47. The molecule has 3 rings (SSSR count). The van der Waals surface area contributed by atoms with Crippen LogP contribution in [0.4, 0.5) is 0 Å². The van der Waals surface area contributed by atoms with Crippen LogP contribution >= 0.6 is 0 Å². The molecule has 0 saturated carbocycles. The highest BCUT2D eigenvalue weighted by Crippen LogP contribution is 2.19. The first-order valence-corrected chi connectivity index (χ1v) is 9.43. The maximum Gasteiger partial charge on any atom is 0.242 e. The summed E-state index contributed by atoms with van der Waals surface area (Å²) in [6.07, 6.45) is 0.553. The van der Waals surface area contributed by atoms with Gasteiger partial charge in [-0.15, -0.1) is 0 Å². The third-order valence-corrected chi connectivity index (χ3v) is 4.79. The Morgan fingerprint density at radius 1 is 0.964 bits per heavy atom. The van der Waals surface area contributed by atoms with Gasteiger partial charge < -0.3 is 15.2 Å². The summed E-state index contributed by atoms with van der Waals surface area (Å²) in [5, 5.41) is 6.58. The summed E-state index contributed by atoms with van der Waals surface area (Å²) in [4.78, 5) is 37.7. The Morgan fingerprint density at radius 3 is 2.00 bits per heavy atom. The van der Waals surface area contributed by atoms with Crippen molar-refractivity contribution in [2.24, 2.45) is 5.92 Å². The molecule has 2 amide bonds. The number of nitrogens with one attached hydrogen (secondary N) is 2. The van der Waals surface area contributed by atoms with Gasteiger partial charge in [-0.25, -0.2) is 0 Å². The van der Waals surface area contributed by atoms with Crippen molar-refractivity contribution < 1.29 is 9.59 Å². The second-order valence-corrected chi connectivity index (χ2v) is 7.31. The molecule has 0 aliphatic carbocycles. The van der Waals surface area contributed by atoms with E-state index in [9.17, 15) is 14.4 Å². The standard InChI is InChI=1S/C22H25N3O3/c1-14(2)12-17(22(28)23-3)24-20(26)13-25-18-10-6-4-8-15(18)21(27)16-9-5-7-11-19(16)25/h4-11,14,17H,12-13H2,1-3H3,(H,23,28)(H,24,26). The van der Waals surface area contributed by atoms with E-state index in [2.05, 4.69) is 10.6 Å². The Morgan fingerprint density at radius 2 is 1.50 bits per heavy atom. The van der Waals surface area contributed by atoms with Gasteiger partial charge in [0.2, 0.25) is 11.8 Å². The number of fused-ring (bicyclic) bond motifs is 2. The first kappa shape index (κ1) is 19.6. The van der Waals surface area contributed by atoms with Gasteiger partial charge in [-0.3, -0.25) is 14.4 Å². The van der Waals surface area contributed by atoms with Crippen LogP contribution in [0, 0.1) is 5.92 Å². The Labute approximate surface area is 163 Å². The third kappa shape index (κ3) is 3.91. The van der Waals surface area contributed by atoms with E-state index in [4.69, 9.17) is 0 Å². The molecular formula is C22H25N3O3. The molecule has 146 valence electrons. The van der Waals surface area contributed by atoms with E-state index in [0.29, 0.717) is 28.2 Å². The van der Waals surface area contributed by atoms with E-state index in [1.807, 2.05) is 54.8 Å². The number of benzene rings is 2. The van der Waals surface area contributed by atoms with E-state index < -0.39 is 6.04 Å². The van der Waals surface area contributed by atoms with Gasteiger partial charge >= 0.3 is 0 Å². The smallest absolute Gasteiger partial charge is 0.242 e. The number of carbonyl (C=O) groups excluding carboxylic acids is 2. The molecule has 1 aromatic heterocycles. The molecule has 3 aromatic rings. The van der Waals surface area contributed by atoms with E-state index in [0.717, 1.165) is 0 Å². The van der Waals surface area contributed by atoms with Crippen molar-refractivity contribution >= 4 is 33.6 Å². The number of nitrogens with zero attached hydrogens (tertiary/aromatic N) is 1. The molecule has 0 spiro atoms. The van der Waals surface area contributed by atoms with Gasteiger partial charge in [-0.2, -0.15) is 0 Å². The fourth-order valence-corrected chi connectivity index (χ4v) is 3.51. The maximum absolute atomic E-state index is 12.8. The van der Waals surface area contributed by atoms with Crippen molar-refractivity contribution in [1.82, 2.24) is 15.2 Å². The normalized spacial score (nSPS) is 12.3. The predicted octanol–water partition coefficient (Wildman–Crippen LogP) is 2.43. The van der Waals surface area contributed by atoms with E-state index in [-0.39, 0.29) is 29.7 Å². The Bertz CT molecular complexity index is 1030. The molecule has 0 aliphatic rings. The second-order valence-electron chi connectivity index (χ2n) is 7.31. The lowest BCUT2D eigenvalue weighted by Gasteiger charge is -2.20. The van der Waals surface area contributed by atoms with Crippen LogP contribution in [0.25, 0.3) is 21.8 Å². The summed E-state index contributed by atoms with van der Waals surface area (Å²) in [6, 6.07) is 13.9. The number of carbonyl (C=O) groups is 2. The zero-order valence-corrected chi connectivity index (χ0v) is 16.4. The van der Waals surface area contributed by atoms with Gasteiger partial charge in [0.1, 0.15) is 12.6 Å². The monoisotopic (exact) mass is 379 g/mol. The van der Waals surface area contributed by atoms with Gasteiger partial charge in [0.25, 0.3) is 0 Å². The molecular weight excluding hydrogens is 354 g/mol. The SMILES string of the molecule is CNC(=O)C(CC(C)C)NC(=O)Cn1c2ccccc2c(=O)c2ccccc21. The first-order valence-electron chi connectivity index (χ1n) is 9.43. The molecule has 6 heteroatoms. The van der Waals surface area contributed by atoms with E-state index in [1.54, 1.807) is 19.2 Å². The van der Waals surface area contributed by atoms with Crippen LogP contribution in [-0.4, -0.2) is 29.5 Å². The molecule has 0 saturated heterocycles. The molecule has 2 N–H and O–H groups in total. The maximum atomic E-state index is 12.8. The molecule has 0 bridgehead atoms. The van der Waals surface area contributed by atoms with Gasteiger partial charge in [-0.05, 0) is 36.6 Å². The topological polar surface area (TPSA) is 80.2 Å². The van der Waals surface area contributed by atoms with Crippen LogP contribution in [0.2, 0.25) is 0 Å². The van der Waals surface area contributed by atoms with Crippen LogP contribution < -0.4 is 16.1 Å². The number of pyridine rings is 1. The fraction of sp³-hybridized carbons (Fsp3) is 0.318. The molecule has 1 unspecified atom stereocenters. The Balaban J connectivity index is 2.01. The Kier molecular flexibility index (Phi) is 5.78. The number of rotatable bonds is 6. The minimum absolute atomic E-state index is 0.0207. The summed E-state index contributed by atoms with van der Waals surface area (Å²) in [5.74, 6) is -0.221. The quantitative estimate of drug-likeness (QED) is 0.646. The third-order valence-electron chi connectivity index (χ3n) is 4.79. The van der Waals surface area contributed by atoms with Gasteiger partial charge in [0.15, 0.2) is 5.43 Å². The van der Waals surface area contributed by atoms with Crippen LogP contribution in [0.15, 0.2) is 53.3 Å². The molecule has 6 nitrogen and oxygen atoms in total. The second kappa shape index (κ2) is 8.25. The molecule has 1 heterocycles. The lowest BCUT2D eigenvalue weighted by molar-refractivity contribution is -0.129. The zero-order valence-electron chi connectivity index (χ0n) is 16.4. The number of likely N-dealkylation sites (N-methyl/N-ethyl adjacent to an activating group) is 1. The summed E-state index contributed by atoms with van der Waals surface area (Å²) in [6.45, 7) is 4.03. The van der Waals surface area contributed by atoms with Crippen LogP contribution in [0.5, 0.6) is 0 Å². The highest BCUT2D eigenvalue weighted by Gasteiger charge is 2.21. The zero-order chi connectivity index (χ0) is 20.3. The average molecular weight is 379 g/mol. The number of amides is 2. The largest absolute Gasteiger partial charge is 0.357 e. The summed E-state index contributed by atoms with van der Waals surface area (Å²) >= 11 is 0. The number of para-hydroxylation sites is 2. The molecule has 2 aromatic carbocycles. The number of hydrogen-bond acceptors (Lipinski definition) is 3. The van der Waals surface area contributed by atoms with Crippen LogP contribution in [0.1, 0.15) is 20.3 Å². The van der Waals surface area contributed by atoms with E-state index >= 15 is 0 Å². The minimum atomic E-state index is -0.589. The van der Waals surface area contributed by atoms with Crippen LogP contribution in [0.3, 0.4) is 0 Å². The summed E-state index contributed by atoms with van der Waals surface area (Å²) < 4.78 is 1.83. The molecule has 0 radical (unpaired) electrons. The Hall–Kier alpha value is -3.15. The van der Waals surface area contributed by atoms with Gasteiger partial charge in [0, 0.05) is 17.8 Å². The van der Waals surface area contributed by atoms with Crippen molar-refractivity contribution in [3.05, 3.63) is 58.8 Å². The van der Waals surface area contributed by atoms with Crippen molar-refractivity contribution in [3.63, 3.8) is 0 Å². The van der Waals surface area contributed by atoms with Crippen molar-refractivity contribution in [3.8, 4) is 0 Å². The lowest BCUT2D eigenvalue weighted by atomic mass is 10.0. The fourth-order valence-electron chi connectivity index (χ4n) is 3.51. The first-order chi connectivity index (χ1) is 13.4. The van der Waals surface area contributed by atoms with Crippen molar-refractivity contribution in [1.29, 1.82) is 0 Å². The summed E-state index contributed by atoms with van der Waals surface area (Å²) in [7, 11) is 1.56. The van der Waals surface area contributed by atoms with Gasteiger partial charge in [-0.1, -0.05) is 38.1 Å². The molecule has 0 aliphatic heterocycles. The van der Waals surface area contributed by atoms with E-state index in [1.165, 1.54) is 0 Å². The molecule has 0 fully saturated rings. The highest BCUT2D eigenvalue weighted by molar-refractivity contribution is 5.95. The molecule has 28 heavy (non-hydrogen) atoms. The predicted molar refractivity (Wildman–Crippen MR) is 111 cm³/mol. The van der Waals surface area contributed by atoms with Crippen molar-refractivity contribution in [2.45, 2.75) is 32.9 Å². The number of hydrogen-bond donors (Lipinski definition) is 2. The highest BCUT2D eigenvalue weighted by atomic mass is 16.2. The minimum Gasteiger partial charge on any atom is -0.357 e.